The molecule has 26 heavy (non-hydrogen) atoms. The van der Waals surface area contributed by atoms with Crippen LogP contribution in [0.5, 0.6) is 0 Å². The van der Waals surface area contributed by atoms with Crippen LogP contribution < -0.4 is 0 Å². The lowest BCUT2D eigenvalue weighted by Gasteiger charge is -2.35. The van der Waals surface area contributed by atoms with Crippen LogP contribution in [0.2, 0.25) is 0 Å². The number of para-hydroxylation sites is 1. The largest absolute Gasteiger partial charge is 0.339 e. The first-order valence-corrected chi connectivity index (χ1v) is 8.40. The zero-order chi connectivity index (χ0) is 18.5. The molecule has 7 heteroatoms. The molecule has 2 amide bonds. The molecular weight excluding hydrogens is 334 g/mol. The fourth-order valence-electron chi connectivity index (χ4n) is 3.04. The molecule has 0 aromatic heterocycles. The van der Waals surface area contributed by atoms with Crippen molar-refractivity contribution in [2.45, 2.75) is 6.42 Å². The van der Waals surface area contributed by atoms with E-state index >= 15 is 0 Å². The minimum absolute atomic E-state index is 0.0101. The molecule has 0 saturated carbocycles. The Morgan fingerprint density at radius 3 is 2.12 bits per heavy atom. The van der Waals surface area contributed by atoms with Crippen LogP contribution in [0.15, 0.2) is 54.6 Å². The molecular formula is C19H19N3O4. The van der Waals surface area contributed by atoms with Gasteiger partial charge in [0, 0.05) is 43.4 Å². The van der Waals surface area contributed by atoms with Crippen molar-refractivity contribution in [1.29, 1.82) is 0 Å². The summed E-state index contributed by atoms with van der Waals surface area (Å²) in [6, 6.07) is 15.3. The maximum Gasteiger partial charge on any atom is 0.273 e. The summed E-state index contributed by atoms with van der Waals surface area (Å²) < 4.78 is 0. The molecule has 7 nitrogen and oxygen atoms in total. The van der Waals surface area contributed by atoms with Gasteiger partial charge in [0.1, 0.15) is 0 Å². The van der Waals surface area contributed by atoms with Gasteiger partial charge in [-0.25, -0.2) is 0 Å². The number of hydrogen-bond acceptors (Lipinski definition) is 4. The van der Waals surface area contributed by atoms with E-state index in [-0.39, 0.29) is 23.9 Å². The standard InChI is InChI=1S/C19H19N3O4/c23-18(14-16-8-4-5-9-17(16)22(25)26)20-10-12-21(13-11-20)19(24)15-6-2-1-3-7-15/h1-9H,10-14H2. The lowest BCUT2D eigenvalue weighted by molar-refractivity contribution is -0.385. The summed E-state index contributed by atoms with van der Waals surface area (Å²) in [4.78, 5) is 38.9. The van der Waals surface area contributed by atoms with E-state index in [1.165, 1.54) is 6.07 Å². The molecule has 1 aliphatic heterocycles. The van der Waals surface area contributed by atoms with Gasteiger partial charge in [-0.1, -0.05) is 36.4 Å². The van der Waals surface area contributed by atoms with Gasteiger partial charge in [-0.3, -0.25) is 19.7 Å². The van der Waals surface area contributed by atoms with Gasteiger partial charge in [-0.15, -0.1) is 0 Å². The Balaban J connectivity index is 1.59. The highest BCUT2D eigenvalue weighted by Gasteiger charge is 2.26. The average molecular weight is 353 g/mol. The van der Waals surface area contributed by atoms with Crippen molar-refractivity contribution in [3.8, 4) is 0 Å². The summed E-state index contributed by atoms with van der Waals surface area (Å²) in [5, 5.41) is 11.1. The van der Waals surface area contributed by atoms with E-state index in [1.807, 2.05) is 18.2 Å². The number of carbonyl (C=O) groups is 2. The molecule has 1 saturated heterocycles. The highest BCUT2D eigenvalue weighted by atomic mass is 16.6. The second-order valence-electron chi connectivity index (χ2n) is 6.10. The molecule has 0 unspecified atom stereocenters. The van der Waals surface area contributed by atoms with Gasteiger partial charge in [-0.05, 0) is 12.1 Å². The van der Waals surface area contributed by atoms with Crippen molar-refractivity contribution < 1.29 is 14.5 Å². The number of nitro benzene ring substituents is 1. The van der Waals surface area contributed by atoms with Crippen molar-refractivity contribution in [1.82, 2.24) is 9.80 Å². The summed E-state index contributed by atoms with van der Waals surface area (Å²) >= 11 is 0. The van der Waals surface area contributed by atoms with Crippen LogP contribution in [0.25, 0.3) is 0 Å². The van der Waals surface area contributed by atoms with E-state index in [9.17, 15) is 19.7 Å². The van der Waals surface area contributed by atoms with Gasteiger partial charge in [0.05, 0.1) is 11.3 Å². The first kappa shape index (κ1) is 17.6. The number of nitrogens with zero attached hydrogens (tertiary/aromatic N) is 3. The zero-order valence-corrected chi connectivity index (χ0v) is 14.2. The summed E-state index contributed by atoms with van der Waals surface area (Å²) in [6.07, 6.45) is -0.0101. The number of carbonyl (C=O) groups excluding carboxylic acids is 2. The van der Waals surface area contributed by atoms with Crippen LogP contribution in [0, 0.1) is 10.1 Å². The smallest absolute Gasteiger partial charge is 0.273 e. The normalized spacial score (nSPS) is 14.2. The molecule has 134 valence electrons. The van der Waals surface area contributed by atoms with Gasteiger partial charge in [0.2, 0.25) is 5.91 Å². The minimum Gasteiger partial charge on any atom is -0.339 e. The summed E-state index contributed by atoms with van der Waals surface area (Å²) in [5.41, 5.74) is 0.996. The Bertz CT molecular complexity index is 815. The van der Waals surface area contributed by atoms with E-state index in [4.69, 9.17) is 0 Å². The first-order chi connectivity index (χ1) is 12.6. The third kappa shape index (κ3) is 3.88. The SMILES string of the molecule is O=C(Cc1ccccc1[N+](=O)[O-])N1CCN(C(=O)c2ccccc2)CC1. The Morgan fingerprint density at radius 1 is 0.885 bits per heavy atom. The predicted molar refractivity (Wildman–Crippen MR) is 95.7 cm³/mol. The van der Waals surface area contributed by atoms with Crippen LogP contribution in [0.1, 0.15) is 15.9 Å². The molecule has 0 aliphatic carbocycles. The summed E-state index contributed by atoms with van der Waals surface area (Å²) in [5.74, 6) is -0.206. The number of amides is 2. The Hall–Kier alpha value is -3.22. The quantitative estimate of drug-likeness (QED) is 0.623. The maximum atomic E-state index is 12.5. The number of piperazine rings is 1. The van der Waals surface area contributed by atoms with Crippen LogP contribution in [-0.2, 0) is 11.2 Å². The topological polar surface area (TPSA) is 83.8 Å². The third-order valence-electron chi connectivity index (χ3n) is 4.47. The molecule has 1 heterocycles. The van der Waals surface area contributed by atoms with E-state index in [2.05, 4.69) is 0 Å². The second kappa shape index (κ2) is 7.77. The summed E-state index contributed by atoms with van der Waals surface area (Å²) in [7, 11) is 0. The fraction of sp³-hybridized carbons (Fsp3) is 0.263. The molecule has 1 aliphatic rings. The van der Waals surface area contributed by atoms with Gasteiger partial charge in [-0.2, -0.15) is 0 Å². The monoisotopic (exact) mass is 353 g/mol. The molecule has 0 radical (unpaired) electrons. The number of hydrogen-bond donors (Lipinski definition) is 0. The van der Waals surface area contributed by atoms with Crippen molar-refractivity contribution in [2.75, 3.05) is 26.2 Å². The van der Waals surface area contributed by atoms with Crippen LogP contribution >= 0.6 is 0 Å². The van der Waals surface area contributed by atoms with Gasteiger partial charge >= 0.3 is 0 Å². The highest BCUT2D eigenvalue weighted by Crippen LogP contribution is 2.19. The second-order valence-corrected chi connectivity index (χ2v) is 6.10. The molecule has 0 spiro atoms. The van der Waals surface area contributed by atoms with Gasteiger partial charge < -0.3 is 9.80 Å². The van der Waals surface area contributed by atoms with Crippen LogP contribution in [-0.4, -0.2) is 52.7 Å². The van der Waals surface area contributed by atoms with E-state index in [0.29, 0.717) is 37.3 Å². The van der Waals surface area contributed by atoms with Crippen LogP contribution in [0.4, 0.5) is 5.69 Å². The molecule has 0 atom stereocenters. The Kier molecular flexibility index (Phi) is 5.26. The Morgan fingerprint density at radius 2 is 1.46 bits per heavy atom. The minimum atomic E-state index is -0.473. The number of nitro groups is 1. The van der Waals surface area contributed by atoms with Crippen molar-refractivity contribution in [3.05, 3.63) is 75.8 Å². The number of rotatable bonds is 4. The van der Waals surface area contributed by atoms with Gasteiger partial charge in [0.25, 0.3) is 11.6 Å². The first-order valence-electron chi connectivity index (χ1n) is 8.40. The van der Waals surface area contributed by atoms with E-state index < -0.39 is 4.92 Å². The number of benzene rings is 2. The van der Waals surface area contributed by atoms with Crippen LogP contribution in [0.3, 0.4) is 0 Å². The lowest BCUT2D eigenvalue weighted by Crippen LogP contribution is -2.51. The van der Waals surface area contributed by atoms with Gasteiger partial charge in [0.15, 0.2) is 0 Å². The highest BCUT2D eigenvalue weighted by molar-refractivity contribution is 5.94. The fourth-order valence-corrected chi connectivity index (χ4v) is 3.04. The zero-order valence-electron chi connectivity index (χ0n) is 14.2. The average Bonchev–Trinajstić information content (AvgIpc) is 2.68. The molecule has 0 bridgehead atoms. The molecule has 2 aromatic carbocycles. The van der Waals surface area contributed by atoms with E-state index in [0.717, 1.165) is 0 Å². The van der Waals surface area contributed by atoms with Crippen molar-refractivity contribution >= 4 is 17.5 Å². The molecule has 2 aromatic rings. The summed E-state index contributed by atoms with van der Waals surface area (Å²) in [6.45, 7) is 1.77. The molecule has 3 rings (SSSR count). The predicted octanol–water partition coefficient (Wildman–Crippen LogP) is 2.12. The molecule has 0 N–H and O–H groups in total. The Labute approximate surface area is 151 Å². The van der Waals surface area contributed by atoms with Crippen molar-refractivity contribution in [2.24, 2.45) is 0 Å². The maximum absolute atomic E-state index is 12.5. The molecule has 1 fully saturated rings. The van der Waals surface area contributed by atoms with Crippen molar-refractivity contribution in [3.63, 3.8) is 0 Å². The lowest BCUT2D eigenvalue weighted by atomic mass is 10.1. The third-order valence-corrected chi connectivity index (χ3v) is 4.47. The van der Waals surface area contributed by atoms with E-state index in [1.54, 1.807) is 40.1 Å².